The number of carbonyl (C=O) groups is 2. The Bertz CT molecular complexity index is 638. The Kier molecular flexibility index (Phi) is 6.25. The molecule has 1 aromatic carbocycles. The first kappa shape index (κ1) is 18.8. The number of likely N-dealkylation sites (tertiary alicyclic amines) is 2. The summed E-state index contributed by atoms with van der Waals surface area (Å²) >= 11 is 0. The fraction of sp³-hybridized carbons (Fsp3) is 0.600. The van der Waals surface area contributed by atoms with Crippen LogP contribution in [0.4, 0.5) is 10.1 Å². The van der Waals surface area contributed by atoms with Gasteiger partial charge in [0.1, 0.15) is 5.82 Å². The molecule has 5 nitrogen and oxygen atoms in total. The number of nitrogens with one attached hydrogen (secondary N) is 1. The van der Waals surface area contributed by atoms with Crippen LogP contribution in [0, 0.1) is 11.7 Å². The molecule has 2 aliphatic heterocycles. The molecule has 0 saturated carbocycles. The predicted octanol–water partition coefficient (Wildman–Crippen LogP) is 2.88. The quantitative estimate of drug-likeness (QED) is 0.897. The van der Waals surface area contributed by atoms with Gasteiger partial charge in [0.25, 0.3) is 0 Å². The summed E-state index contributed by atoms with van der Waals surface area (Å²) in [5.74, 6) is -0.284. The third-order valence-corrected chi connectivity index (χ3v) is 5.61. The van der Waals surface area contributed by atoms with E-state index in [-0.39, 0.29) is 29.5 Å². The molecule has 1 atom stereocenters. The largest absolute Gasteiger partial charge is 0.342 e. The highest BCUT2D eigenvalue weighted by Gasteiger charge is 2.32. The zero-order chi connectivity index (χ0) is 18.5. The summed E-state index contributed by atoms with van der Waals surface area (Å²) in [5.41, 5.74) is 0.208. The molecule has 142 valence electrons. The van der Waals surface area contributed by atoms with Crippen LogP contribution >= 0.6 is 0 Å². The van der Waals surface area contributed by atoms with Crippen LogP contribution in [0.3, 0.4) is 0 Å². The van der Waals surface area contributed by atoms with E-state index < -0.39 is 5.82 Å². The Morgan fingerprint density at radius 2 is 1.73 bits per heavy atom. The second-order valence-electron chi connectivity index (χ2n) is 7.34. The van der Waals surface area contributed by atoms with Crippen molar-refractivity contribution in [1.29, 1.82) is 0 Å². The zero-order valence-corrected chi connectivity index (χ0v) is 15.4. The first-order chi connectivity index (χ1) is 12.6. The van der Waals surface area contributed by atoms with Gasteiger partial charge in [-0.15, -0.1) is 0 Å². The van der Waals surface area contributed by atoms with E-state index in [1.807, 2.05) is 11.8 Å². The summed E-state index contributed by atoms with van der Waals surface area (Å²) in [6.07, 6.45) is 5.01. The van der Waals surface area contributed by atoms with E-state index in [1.165, 1.54) is 12.5 Å². The number of nitrogens with zero attached hydrogens (tertiary/aromatic N) is 2. The number of hydrogen-bond acceptors (Lipinski definition) is 3. The summed E-state index contributed by atoms with van der Waals surface area (Å²) in [5, 5.41) is 2.66. The van der Waals surface area contributed by atoms with Crippen molar-refractivity contribution in [3.8, 4) is 0 Å². The fourth-order valence-corrected chi connectivity index (χ4v) is 3.87. The molecule has 0 bridgehead atoms. The summed E-state index contributed by atoms with van der Waals surface area (Å²) in [7, 11) is 0. The molecule has 0 aliphatic carbocycles. The van der Waals surface area contributed by atoms with E-state index >= 15 is 0 Å². The third-order valence-electron chi connectivity index (χ3n) is 5.61. The molecule has 2 fully saturated rings. The molecule has 0 radical (unpaired) electrons. The fourth-order valence-electron chi connectivity index (χ4n) is 3.87. The Morgan fingerprint density at radius 1 is 1.08 bits per heavy atom. The molecule has 6 heteroatoms. The highest BCUT2D eigenvalue weighted by Crippen LogP contribution is 2.23. The maximum Gasteiger partial charge on any atom is 0.241 e. The molecule has 1 N–H and O–H groups in total. The molecular formula is C20H28FN3O2. The number of benzene rings is 1. The molecule has 2 saturated heterocycles. The molecule has 3 rings (SSSR count). The predicted molar refractivity (Wildman–Crippen MR) is 99.2 cm³/mol. The van der Waals surface area contributed by atoms with Gasteiger partial charge in [0.2, 0.25) is 11.8 Å². The summed E-state index contributed by atoms with van der Waals surface area (Å²) < 4.78 is 13.7. The van der Waals surface area contributed by atoms with Gasteiger partial charge in [-0.2, -0.15) is 0 Å². The maximum atomic E-state index is 13.7. The third kappa shape index (κ3) is 4.41. The van der Waals surface area contributed by atoms with Gasteiger partial charge in [-0.25, -0.2) is 4.39 Å². The summed E-state index contributed by atoms with van der Waals surface area (Å²) in [4.78, 5) is 29.2. The van der Waals surface area contributed by atoms with E-state index in [2.05, 4.69) is 10.2 Å². The smallest absolute Gasteiger partial charge is 0.241 e. The molecule has 26 heavy (non-hydrogen) atoms. The highest BCUT2D eigenvalue weighted by molar-refractivity contribution is 5.94. The van der Waals surface area contributed by atoms with Crippen LogP contribution in [0.15, 0.2) is 24.3 Å². The molecule has 1 aromatic rings. The first-order valence-electron chi connectivity index (χ1n) is 9.64. The van der Waals surface area contributed by atoms with Crippen LogP contribution in [0.1, 0.15) is 39.0 Å². The summed E-state index contributed by atoms with van der Waals surface area (Å²) in [6, 6.07) is 5.83. The topological polar surface area (TPSA) is 52.7 Å². The minimum atomic E-state index is -0.432. The van der Waals surface area contributed by atoms with Gasteiger partial charge < -0.3 is 10.2 Å². The minimum Gasteiger partial charge on any atom is -0.342 e. The number of hydrogen-bond donors (Lipinski definition) is 1. The lowest BCUT2D eigenvalue weighted by atomic mass is 9.93. The minimum absolute atomic E-state index is 0.0752. The van der Waals surface area contributed by atoms with E-state index in [0.29, 0.717) is 0 Å². The molecule has 2 aliphatic rings. The number of para-hydroxylation sites is 1. The van der Waals surface area contributed by atoms with Gasteiger partial charge in [0.15, 0.2) is 0 Å². The lowest BCUT2D eigenvalue weighted by molar-refractivity contribution is -0.138. The van der Waals surface area contributed by atoms with Gasteiger partial charge in [-0.1, -0.05) is 12.1 Å². The molecule has 0 aromatic heterocycles. The van der Waals surface area contributed by atoms with Gasteiger partial charge in [-0.05, 0) is 64.3 Å². The normalized spacial score (nSPS) is 20.6. The molecule has 2 amide bonds. The van der Waals surface area contributed by atoms with Crippen LogP contribution in [0.2, 0.25) is 0 Å². The lowest BCUT2D eigenvalue weighted by Gasteiger charge is -2.37. The molecule has 2 heterocycles. The monoisotopic (exact) mass is 361 g/mol. The molecule has 1 unspecified atom stereocenters. The van der Waals surface area contributed by atoms with E-state index in [1.54, 1.807) is 18.2 Å². The van der Waals surface area contributed by atoms with Gasteiger partial charge in [-0.3, -0.25) is 14.5 Å². The van der Waals surface area contributed by atoms with Crippen LogP contribution in [0.5, 0.6) is 0 Å². The number of amides is 2. The van der Waals surface area contributed by atoms with Crippen molar-refractivity contribution in [1.82, 2.24) is 9.80 Å². The maximum absolute atomic E-state index is 13.7. The second kappa shape index (κ2) is 8.62. The standard InChI is InChI=1S/C20H28FN3O2/c1-15(19(25)22-18-8-4-3-7-17(18)21)23-13-9-16(10-14-23)20(26)24-11-5-2-6-12-24/h3-4,7-8,15-16H,2,5-6,9-14H2,1H3,(H,22,25). The number of halogens is 1. The van der Waals surface area contributed by atoms with E-state index in [0.717, 1.165) is 51.9 Å². The van der Waals surface area contributed by atoms with E-state index in [4.69, 9.17) is 0 Å². The summed E-state index contributed by atoms with van der Waals surface area (Å²) in [6.45, 7) is 5.05. The van der Waals surface area contributed by atoms with E-state index in [9.17, 15) is 14.0 Å². The van der Waals surface area contributed by atoms with Crippen LogP contribution in [-0.2, 0) is 9.59 Å². The van der Waals surface area contributed by atoms with Crippen LogP contribution < -0.4 is 5.32 Å². The number of anilines is 1. The number of rotatable bonds is 4. The van der Waals surface area contributed by atoms with Crippen LogP contribution in [-0.4, -0.2) is 53.8 Å². The number of piperidine rings is 2. The second-order valence-corrected chi connectivity index (χ2v) is 7.34. The van der Waals surface area contributed by atoms with Crippen molar-refractivity contribution >= 4 is 17.5 Å². The molecular weight excluding hydrogens is 333 g/mol. The lowest BCUT2D eigenvalue weighted by Crippen LogP contribution is -2.49. The molecule has 0 spiro atoms. The van der Waals surface area contributed by atoms with Gasteiger partial charge in [0.05, 0.1) is 11.7 Å². The Hall–Kier alpha value is -1.95. The average molecular weight is 361 g/mol. The van der Waals surface area contributed by atoms with Crippen molar-refractivity contribution in [2.75, 3.05) is 31.5 Å². The van der Waals surface area contributed by atoms with Crippen molar-refractivity contribution in [2.45, 2.75) is 45.1 Å². The highest BCUT2D eigenvalue weighted by atomic mass is 19.1. The van der Waals surface area contributed by atoms with Crippen molar-refractivity contribution in [3.63, 3.8) is 0 Å². The van der Waals surface area contributed by atoms with Crippen molar-refractivity contribution in [2.24, 2.45) is 5.92 Å². The Morgan fingerprint density at radius 3 is 2.38 bits per heavy atom. The SMILES string of the molecule is CC(C(=O)Nc1ccccc1F)N1CCC(C(=O)N2CCCCC2)CC1. The van der Waals surface area contributed by atoms with Crippen molar-refractivity contribution in [3.05, 3.63) is 30.1 Å². The zero-order valence-electron chi connectivity index (χ0n) is 15.4. The Labute approximate surface area is 154 Å². The Balaban J connectivity index is 1.50. The average Bonchev–Trinajstić information content (AvgIpc) is 2.69. The van der Waals surface area contributed by atoms with Gasteiger partial charge in [0, 0.05) is 19.0 Å². The van der Waals surface area contributed by atoms with Crippen molar-refractivity contribution < 1.29 is 14.0 Å². The first-order valence-corrected chi connectivity index (χ1v) is 9.64. The number of carbonyl (C=O) groups excluding carboxylic acids is 2. The van der Waals surface area contributed by atoms with Crippen LogP contribution in [0.25, 0.3) is 0 Å². The van der Waals surface area contributed by atoms with Gasteiger partial charge >= 0.3 is 0 Å².